The lowest BCUT2D eigenvalue weighted by molar-refractivity contribution is 0.269. The van der Waals surface area contributed by atoms with Gasteiger partial charge in [0.1, 0.15) is 5.76 Å². The summed E-state index contributed by atoms with van der Waals surface area (Å²) in [6.07, 6.45) is 3.74. The molecule has 2 aromatic rings. The van der Waals surface area contributed by atoms with Crippen molar-refractivity contribution >= 4 is 0 Å². The zero-order valence-corrected chi connectivity index (χ0v) is 11.6. The summed E-state index contributed by atoms with van der Waals surface area (Å²) in [5.74, 6) is 0.855. The third-order valence-corrected chi connectivity index (χ3v) is 3.15. The fourth-order valence-corrected chi connectivity index (χ4v) is 2.20. The van der Waals surface area contributed by atoms with Crippen molar-refractivity contribution in [2.45, 2.75) is 39.9 Å². The summed E-state index contributed by atoms with van der Waals surface area (Å²) in [6.45, 7) is 7.31. The van der Waals surface area contributed by atoms with Crippen molar-refractivity contribution in [1.82, 2.24) is 20.3 Å². The molecule has 104 valence electrons. The van der Waals surface area contributed by atoms with Crippen LogP contribution < -0.4 is 5.32 Å². The maximum Gasteiger partial charge on any atom is 0.138 e. The van der Waals surface area contributed by atoms with Crippen LogP contribution in [0.25, 0.3) is 0 Å². The number of rotatable bonds is 6. The van der Waals surface area contributed by atoms with E-state index < -0.39 is 0 Å². The number of aliphatic hydroxyl groups excluding tert-OH is 1. The topological polar surface area (TPSA) is 76.1 Å². The molecule has 1 atom stereocenters. The molecule has 6 nitrogen and oxygen atoms in total. The third kappa shape index (κ3) is 3.21. The van der Waals surface area contributed by atoms with Crippen molar-refractivity contribution in [2.75, 3.05) is 6.61 Å². The van der Waals surface area contributed by atoms with Crippen LogP contribution >= 0.6 is 0 Å². The standard InChI is InChI=1S/C13H20N4O2/c1-9(13-10(2)16-19-11(13)3)14-6-12-7-15-17(8-12)4-5-18/h7-9,14,18H,4-6H2,1-3H3. The van der Waals surface area contributed by atoms with Crippen LogP contribution in [0, 0.1) is 13.8 Å². The molecule has 0 spiro atoms. The summed E-state index contributed by atoms with van der Waals surface area (Å²) in [5, 5.41) is 20.4. The molecule has 1 unspecified atom stereocenters. The maximum absolute atomic E-state index is 8.84. The first-order chi connectivity index (χ1) is 9.11. The van der Waals surface area contributed by atoms with E-state index in [9.17, 15) is 0 Å². The Morgan fingerprint density at radius 1 is 1.47 bits per heavy atom. The van der Waals surface area contributed by atoms with Gasteiger partial charge in [-0.2, -0.15) is 5.10 Å². The first kappa shape index (κ1) is 13.8. The highest BCUT2D eigenvalue weighted by Crippen LogP contribution is 2.21. The summed E-state index contributed by atoms with van der Waals surface area (Å²) >= 11 is 0. The minimum Gasteiger partial charge on any atom is -0.394 e. The number of nitrogens with zero attached hydrogens (tertiary/aromatic N) is 3. The highest BCUT2D eigenvalue weighted by Gasteiger charge is 2.15. The Morgan fingerprint density at radius 3 is 2.89 bits per heavy atom. The maximum atomic E-state index is 8.84. The molecular formula is C13H20N4O2. The second kappa shape index (κ2) is 5.99. The molecule has 0 radical (unpaired) electrons. The van der Waals surface area contributed by atoms with Crippen LogP contribution in [-0.4, -0.2) is 26.7 Å². The van der Waals surface area contributed by atoms with Gasteiger partial charge in [-0.25, -0.2) is 0 Å². The largest absolute Gasteiger partial charge is 0.394 e. The molecule has 2 N–H and O–H groups in total. The van der Waals surface area contributed by atoms with E-state index in [2.05, 4.69) is 22.5 Å². The summed E-state index contributed by atoms with van der Waals surface area (Å²) in [6, 6.07) is 0.174. The average molecular weight is 264 g/mol. The second-order valence-corrected chi connectivity index (χ2v) is 4.68. The Balaban J connectivity index is 1.94. The summed E-state index contributed by atoms with van der Waals surface area (Å²) < 4.78 is 6.90. The zero-order valence-electron chi connectivity index (χ0n) is 11.6. The van der Waals surface area contributed by atoms with Gasteiger partial charge in [-0.1, -0.05) is 5.16 Å². The van der Waals surface area contributed by atoms with Crippen LogP contribution in [0.2, 0.25) is 0 Å². The smallest absolute Gasteiger partial charge is 0.138 e. The summed E-state index contributed by atoms with van der Waals surface area (Å²) in [7, 11) is 0. The Bertz CT molecular complexity index is 513. The molecule has 2 rings (SSSR count). The Morgan fingerprint density at radius 2 is 2.26 bits per heavy atom. The number of nitrogens with one attached hydrogen (secondary N) is 1. The van der Waals surface area contributed by atoms with Gasteiger partial charge in [0, 0.05) is 29.9 Å². The van der Waals surface area contributed by atoms with Gasteiger partial charge in [0.2, 0.25) is 0 Å². The predicted octanol–water partition coefficient (Wildman–Crippen LogP) is 1.33. The molecule has 0 aliphatic heterocycles. The van der Waals surface area contributed by atoms with Crippen molar-refractivity contribution in [1.29, 1.82) is 0 Å². The van der Waals surface area contributed by atoms with Crippen LogP contribution in [-0.2, 0) is 13.1 Å². The normalized spacial score (nSPS) is 12.8. The van der Waals surface area contributed by atoms with Gasteiger partial charge in [0.25, 0.3) is 0 Å². The molecule has 6 heteroatoms. The quantitative estimate of drug-likeness (QED) is 0.823. The number of aryl methyl sites for hydroxylation is 2. The molecule has 0 amide bonds. The minimum absolute atomic E-state index is 0.101. The fourth-order valence-electron chi connectivity index (χ4n) is 2.20. The number of hydrogen-bond acceptors (Lipinski definition) is 5. The van der Waals surface area contributed by atoms with E-state index in [-0.39, 0.29) is 12.6 Å². The molecular weight excluding hydrogens is 244 g/mol. The van der Waals surface area contributed by atoms with Crippen molar-refractivity contribution < 1.29 is 9.63 Å². The van der Waals surface area contributed by atoms with Gasteiger partial charge < -0.3 is 14.9 Å². The molecule has 0 aliphatic rings. The van der Waals surface area contributed by atoms with Gasteiger partial charge in [-0.05, 0) is 20.8 Å². The van der Waals surface area contributed by atoms with Crippen molar-refractivity contribution in [3.63, 3.8) is 0 Å². The van der Waals surface area contributed by atoms with Crippen LogP contribution in [0.1, 0.15) is 35.5 Å². The zero-order chi connectivity index (χ0) is 13.8. The number of aliphatic hydroxyl groups is 1. The minimum atomic E-state index is 0.101. The Kier molecular flexibility index (Phi) is 4.34. The van der Waals surface area contributed by atoms with Crippen molar-refractivity contribution in [3.8, 4) is 0 Å². The van der Waals surface area contributed by atoms with E-state index in [4.69, 9.17) is 9.63 Å². The monoisotopic (exact) mass is 264 g/mol. The van der Waals surface area contributed by atoms with E-state index in [1.165, 1.54) is 0 Å². The summed E-state index contributed by atoms with van der Waals surface area (Å²) in [4.78, 5) is 0. The van der Waals surface area contributed by atoms with E-state index in [0.717, 1.165) is 29.1 Å². The molecule has 2 aromatic heterocycles. The van der Waals surface area contributed by atoms with Crippen LogP contribution in [0.5, 0.6) is 0 Å². The first-order valence-electron chi connectivity index (χ1n) is 6.40. The summed E-state index contributed by atoms with van der Waals surface area (Å²) in [5.41, 5.74) is 3.13. The number of hydrogen-bond donors (Lipinski definition) is 2. The molecule has 0 bridgehead atoms. The lowest BCUT2D eigenvalue weighted by atomic mass is 10.1. The third-order valence-electron chi connectivity index (χ3n) is 3.15. The number of aromatic nitrogens is 3. The molecule has 2 heterocycles. The van der Waals surface area contributed by atoms with Crippen LogP contribution in [0.3, 0.4) is 0 Å². The van der Waals surface area contributed by atoms with Gasteiger partial charge in [0.05, 0.1) is 25.0 Å². The van der Waals surface area contributed by atoms with Crippen LogP contribution in [0.15, 0.2) is 16.9 Å². The van der Waals surface area contributed by atoms with E-state index in [0.29, 0.717) is 6.54 Å². The molecule has 0 aromatic carbocycles. The molecule has 0 saturated carbocycles. The average Bonchev–Trinajstić information content (AvgIpc) is 2.95. The molecule has 19 heavy (non-hydrogen) atoms. The van der Waals surface area contributed by atoms with Gasteiger partial charge in [-0.15, -0.1) is 0 Å². The van der Waals surface area contributed by atoms with E-state index in [1.54, 1.807) is 4.68 Å². The van der Waals surface area contributed by atoms with Gasteiger partial charge >= 0.3 is 0 Å². The molecule has 0 aliphatic carbocycles. The Labute approximate surface area is 112 Å². The van der Waals surface area contributed by atoms with Crippen molar-refractivity contribution in [2.24, 2.45) is 0 Å². The highest BCUT2D eigenvalue weighted by atomic mass is 16.5. The lowest BCUT2D eigenvalue weighted by Crippen LogP contribution is -2.18. The first-order valence-corrected chi connectivity index (χ1v) is 6.40. The SMILES string of the molecule is Cc1noc(C)c1C(C)NCc1cnn(CCO)c1. The fraction of sp³-hybridized carbons (Fsp3) is 0.538. The van der Waals surface area contributed by atoms with Gasteiger partial charge in [0.15, 0.2) is 0 Å². The Hall–Kier alpha value is -1.66. The second-order valence-electron chi connectivity index (χ2n) is 4.68. The van der Waals surface area contributed by atoms with Gasteiger partial charge in [-0.3, -0.25) is 4.68 Å². The van der Waals surface area contributed by atoms with Crippen molar-refractivity contribution in [3.05, 3.63) is 35.0 Å². The molecule has 0 saturated heterocycles. The van der Waals surface area contributed by atoms with E-state index >= 15 is 0 Å². The van der Waals surface area contributed by atoms with Crippen LogP contribution in [0.4, 0.5) is 0 Å². The molecule has 0 fully saturated rings. The lowest BCUT2D eigenvalue weighted by Gasteiger charge is -2.12. The van der Waals surface area contributed by atoms with E-state index in [1.807, 2.05) is 26.2 Å². The predicted molar refractivity (Wildman–Crippen MR) is 70.5 cm³/mol. The highest BCUT2D eigenvalue weighted by molar-refractivity contribution is 5.24.